The zero-order chi connectivity index (χ0) is 19.8. The third-order valence-electron chi connectivity index (χ3n) is 3.90. The van der Waals surface area contributed by atoms with Crippen LogP contribution in [-0.2, 0) is 4.74 Å². The van der Waals surface area contributed by atoms with E-state index in [4.69, 9.17) is 10.5 Å². The quantitative estimate of drug-likeness (QED) is 0.669. The van der Waals surface area contributed by atoms with Crippen LogP contribution in [0.5, 0.6) is 0 Å². The molecule has 3 N–H and O–H groups in total. The number of benzene rings is 2. The van der Waals surface area contributed by atoms with Gasteiger partial charge >= 0.3 is 6.09 Å². The van der Waals surface area contributed by atoms with E-state index < -0.39 is 11.7 Å². The molecule has 1 heterocycles. The SMILES string of the molecule is Cc1nn(C(=O)OC(C)(C)C)c2cc(NC(=O)c3ccccc3N)ccc12. The standard InChI is InChI=1S/C20H22N4O3/c1-12-14-10-9-13(22-18(25)15-7-5-6-8-16(15)21)11-17(14)24(23-12)19(26)27-20(2,3)4/h5-11H,21H2,1-4H3,(H,22,25). The van der Waals surface area contributed by atoms with Gasteiger partial charge in [0.25, 0.3) is 5.91 Å². The molecule has 3 rings (SSSR count). The number of para-hydroxylation sites is 1. The number of fused-ring (bicyclic) bond motifs is 1. The molecule has 0 aliphatic carbocycles. The zero-order valence-electron chi connectivity index (χ0n) is 15.7. The Morgan fingerprint density at radius 2 is 1.85 bits per heavy atom. The molecule has 7 heteroatoms. The molecular weight excluding hydrogens is 344 g/mol. The summed E-state index contributed by atoms with van der Waals surface area (Å²) in [5, 5.41) is 7.88. The van der Waals surface area contributed by atoms with Crippen LogP contribution < -0.4 is 11.1 Å². The topological polar surface area (TPSA) is 99.2 Å². The molecule has 0 unspecified atom stereocenters. The number of amides is 1. The predicted molar refractivity (Wildman–Crippen MR) is 105 cm³/mol. The molecule has 0 atom stereocenters. The molecule has 0 spiro atoms. The number of aryl methyl sites for hydroxylation is 1. The molecule has 0 radical (unpaired) electrons. The largest absolute Gasteiger partial charge is 0.442 e. The van der Waals surface area contributed by atoms with Crippen molar-refractivity contribution in [1.29, 1.82) is 0 Å². The number of aromatic nitrogens is 2. The number of carbonyl (C=O) groups excluding carboxylic acids is 2. The fraction of sp³-hybridized carbons (Fsp3) is 0.250. The van der Waals surface area contributed by atoms with Gasteiger partial charge in [-0.2, -0.15) is 9.78 Å². The highest BCUT2D eigenvalue weighted by Crippen LogP contribution is 2.24. The number of nitrogens with zero attached hydrogens (tertiary/aromatic N) is 2. The lowest BCUT2D eigenvalue weighted by Gasteiger charge is -2.19. The molecule has 0 aliphatic rings. The van der Waals surface area contributed by atoms with Crippen LogP contribution >= 0.6 is 0 Å². The van der Waals surface area contributed by atoms with Crippen molar-refractivity contribution in [3.05, 3.63) is 53.7 Å². The first-order chi connectivity index (χ1) is 12.7. The highest BCUT2D eigenvalue weighted by atomic mass is 16.6. The summed E-state index contributed by atoms with van der Waals surface area (Å²) in [6, 6.07) is 12.1. The minimum Gasteiger partial charge on any atom is -0.442 e. The summed E-state index contributed by atoms with van der Waals surface area (Å²) in [7, 11) is 0. The first-order valence-corrected chi connectivity index (χ1v) is 8.54. The van der Waals surface area contributed by atoms with E-state index in [0.717, 1.165) is 5.39 Å². The van der Waals surface area contributed by atoms with Gasteiger partial charge in [-0.3, -0.25) is 4.79 Å². The number of carbonyl (C=O) groups is 2. The molecule has 0 saturated carbocycles. The molecule has 0 fully saturated rings. The Hall–Kier alpha value is -3.35. The van der Waals surface area contributed by atoms with Gasteiger partial charge in [0.15, 0.2) is 0 Å². The summed E-state index contributed by atoms with van der Waals surface area (Å²) in [4.78, 5) is 24.9. The van der Waals surface area contributed by atoms with E-state index >= 15 is 0 Å². The van der Waals surface area contributed by atoms with Crippen LogP contribution in [0.25, 0.3) is 10.9 Å². The summed E-state index contributed by atoms with van der Waals surface area (Å²) >= 11 is 0. The number of nitrogen functional groups attached to an aromatic ring is 1. The minimum absolute atomic E-state index is 0.326. The summed E-state index contributed by atoms with van der Waals surface area (Å²) in [6.45, 7) is 7.18. The Labute approximate surface area is 157 Å². The number of nitrogens with one attached hydrogen (secondary N) is 1. The van der Waals surface area contributed by atoms with Gasteiger partial charge in [0, 0.05) is 16.8 Å². The summed E-state index contributed by atoms with van der Waals surface area (Å²) in [5.74, 6) is -0.326. The smallest absolute Gasteiger partial charge is 0.435 e. The molecule has 3 aromatic rings. The van der Waals surface area contributed by atoms with E-state index in [1.165, 1.54) is 4.68 Å². The van der Waals surface area contributed by atoms with Crippen LogP contribution in [-0.4, -0.2) is 27.4 Å². The lowest BCUT2D eigenvalue weighted by molar-refractivity contribution is 0.0522. The van der Waals surface area contributed by atoms with Crippen LogP contribution in [0.15, 0.2) is 42.5 Å². The molecule has 7 nitrogen and oxygen atoms in total. The van der Waals surface area contributed by atoms with E-state index in [1.807, 2.05) is 13.0 Å². The van der Waals surface area contributed by atoms with E-state index in [0.29, 0.717) is 28.1 Å². The average Bonchev–Trinajstić information content (AvgIpc) is 2.90. The summed E-state index contributed by atoms with van der Waals surface area (Å²) in [6.07, 6.45) is -0.573. The molecule has 0 saturated heterocycles. The second-order valence-corrected chi connectivity index (χ2v) is 7.25. The first kappa shape index (κ1) is 18.4. The van der Waals surface area contributed by atoms with Crippen molar-refractivity contribution >= 4 is 34.3 Å². The van der Waals surface area contributed by atoms with Crippen LogP contribution in [0.2, 0.25) is 0 Å². The molecular formula is C20H22N4O3. The minimum atomic E-state index is -0.639. The highest BCUT2D eigenvalue weighted by Gasteiger charge is 2.21. The third-order valence-corrected chi connectivity index (χ3v) is 3.90. The zero-order valence-corrected chi connectivity index (χ0v) is 15.7. The molecule has 0 bridgehead atoms. The maximum Gasteiger partial charge on any atom is 0.435 e. The molecule has 2 aromatic carbocycles. The summed E-state index contributed by atoms with van der Waals surface area (Å²) < 4.78 is 6.62. The number of hydrogen-bond donors (Lipinski definition) is 2. The molecule has 1 amide bonds. The Balaban J connectivity index is 1.95. The van der Waals surface area contributed by atoms with Gasteiger partial charge in [-0.1, -0.05) is 12.1 Å². The van der Waals surface area contributed by atoms with Crippen molar-refractivity contribution in [2.24, 2.45) is 0 Å². The Morgan fingerprint density at radius 1 is 1.15 bits per heavy atom. The molecule has 0 aliphatic heterocycles. The van der Waals surface area contributed by atoms with Crippen LogP contribution in [0.4, 0.5) is 16.2 Å². The maximum absolute atomic E-state index is 12.5. The van der Waals surface area contributed by atoms with E-state index in [1.54, 1.807) is 57.2 Å². The third kappa shape index (κ3) is 3.92. The average molecular weight is 366 g/mol. The van der Waals surface area contributed by atoms with E-state index in [2.05, 4.69) is 10.4 Å². The first-order valence-electron chi connectivity index (χ1n) is 8.54. The molecule has 1 aromatic heterocycles. The van der Waals surface area contributed by atoms with Gasteiger partial charge in [-0.25, -0.2) is 4.79 Å². The van der Waals surface area contributed by atoms with Gasteiger partial charge in [0.1, 0.15) is 5.60 Å². The van der Waals surface area contributed by atoms with Crippen molar-refractivity contribution < 1.29 is 14.3 Å². The predicted octanol–water partition coefficient (Wildman–Crippen LogP) is 3.96. The van der Waals surface area contributed by atoms with Crippen molar-refractivity contribution in [2.75, 3.05) is 11.1 Å². The normalized spacial score (nSPS) is 11.4. The van der Waals surface area contributed by atoms with E-state index in [9.17, 15) is 9.59 Å². The fourth-order valence-electron chi connectivity index (χ4n) is 2.69. The number of anilines is 2. The van der Waals surface area contributed by atoms with Crippen molar-refractivity contribution in [2.45, 2.75) is 33.3 Å². The van der Waals surface area contributed by atoms with Gasteiger partial charge < -0.3 is 15.8 Å². The molecule has 140 valence electrons. The van der Waals surface area contributed by atoms with Gasteiger partial charge in [-0.15, -0.1) is 0 Å². The van der Waals surface area contributed by atoms with Gasteiger partial charge in [0.05, 0.1) is 16.8 Å². The maximum atomic E-state index is 12.5. The van der Waals surface area contributed by atoms with Crippen molar-refractivity contribution in [3.8, 4) is 0 Å². The van der Waals surface area contributed by atoms with Gasteiger partial charge in [0.2, 0.25) is 0 Å². The Bertz CT molecular complexity index is 1030. The van der Waals surface area contributed by atoms with Crippen LogP contribution in [0.3, 0.4) is 0 Å². The van der Waals surface area contributed by atoms with Crippen LogP contribution in [0, 0.1) is 6.92 Å². The lowest BCUT2D eigenvalue weighted by atomic mass is 10.1. The monoisotopic (exact) mass is 366 g/mol. The second-order valence-electron chi connectivity index (χ2n) is 7.25. The highest BCUT2D eigenvalue weighted by molar-refractivity contribution is 6.08. The number of hydrogen-bond acceptors (Lipinski definition) is 5. The second kappa shape index (κ2) is 6.75. The van der Waals surface area contributed by atoms with E-state index in [-0.39, 0.29) is 5.91 Å². The number of ether oxygens (including phenoxy) is 1. The Kier molecular flexibility index (Phi) is 4.61. The van der Waals surface area contributed by atoms with Crippen molar-refractivity contribution in [1.82, 2.24) is 9.78 Å². The lowest BCUT2D eigenvalue weighted by Crippen LogP contribution is -2.27. The summed E-state index contributed by atoms with van der Waals surface area (Å²) in [5.41, 5.74) is 7.77. The molecule has 27 heavy (non-hydrogen) atoms. The fourth-order valence-corrected chi connectivity index (χ4v) is 2.69. The van der Waals surface area contributed by atoms with Crippen LogP contribution in [0.1, 0.15) is 36.8 Å². The number of rotatable bonds is 2. The Morgan fingerprint density at radius 3 is 2.52 bits per heavy atom. The number of nitrogens with two attached hydrogens (primary N) is 1. The van der Waals surface area contributed by atoms with Gasteiger partial charge in [-0.05, 0) is 58.0 Å². The van der Waals surface area contributed by atoms with Crippen molar-refractivity contribution in [3.63, 3.8) is 0 Å².